The number of hydrogen-bond acceptors (Lipinski definition) is 5. The number of benzene rings is 2. The van der Waals surface area contributed by atoms with Crippen LogP contribution in [-0.4, -0.2) is 16.7 Å². The number of aromatic hydroxyl groups is 1. The molecule has 6 nitrogen and oxygen atoms in total. The van der Waals surface area contributed by atoms with Crippen molar-refractivity contribution in [1.82, 2.24) is 5.43 Å². The second kappa shape index (κ2) is 6.56. The summed E-state index contributed by atoms with van der Waals surface area (Å²) in [6.45, 7) is 1.55. The van der Waals surface area contributed by atoms with Crippen molar-refractivity contribution in [2.45, 2.75) is 6.92 Å². The lowest BCUT2D eigenvalue weighted by molar-refractivity contribution is 0.0954. The standard InChI is InChI=1S/C18H13FN2O4/c1-10(20-21-17(23)11-2-5-13(19)6-3-11)15-8-12-4-7-14(22)9-16(12)25-18(15)24/h2-9,22H,1H3,(H,21,23)/b20-10+. The van der Waals surface area contributed by atoms with Crippen molar-refractivity contribution in [3.63, 3.8) is 0 Å². The molecule has 0 saturated heterocycles. The molecule has 2 N–H and O–H groups in total. The minimum absolute atomic E-state index is 0.0136. The average molecular weight is 340 g/mol. The second-order valence-electron chi connectivity index (χ2n) is 5.31. The molecule has 1 amide bonds. The first kappa shape index (κ1) is 16.4. The van der Waals surface area contributed by atoms with E-state index >= 15 is 0 Å². The number of carbonyl (C=O) groups excluding carboxylic acids is 1. The van der Waals surface area contributed by atoms with Gasteiger partial charge in [0.15, 0.2) is 0 Å². The first-order valence-corrected chi connectivity index (χ1v) is 7.31. The van der Waals surface area contributed by atoms with Crippen molar-refractivity contribution in [1.29, 1.82) is 0 Å². The van der Waals surface area contributed by atoms with Crippen molar-refractivity contribution >= 4 is 22.6 Å². The molecule has 0 spiro atoms. The number of phenolic OH excluding ortho intramolecular Hbond substituents is 1. The first-order chi connectivity index (χ1) is 11.9. The molecule has 0 aliphatic carbocycles. The fourth-order valence-corrected chi connectivity index (χ4v) is 2.21. The molecule has 0 fully saturated rings. The molecular formula is C18H13FN2O4. The normalized spacial score (nSPS) is 11.5. The minimum atomic E-state index is -0.643. The Morgan fingerprint density at radius 3 is 2.60 bits per heavy atom. The molecule has 1 heterocycles. The lowest BCUT2D eigenvalue weighted by Gasteiger charge is -2.04. The van der Waals surface area contributed by atoms with E-state index < -0.39 is 17.3 Å². The topological polar surface area (TPSA) is 91.9 Å². The van der Waals surface area contributed by atoms with Gasteiger partial charge in [-0.3, -0.25) is 4.79 Å². The highest BCUT2D eigenvalue weighted by atomic mass is 19.1. The number of fused-ring (bicyclic) bond motifs is 1. The number of amides is 1. The van der Waals surface area contributed by atoms with E-state index in [4.69, 9.17) is 4.42 Å². The molecule has 25 heavy (non-hydrogen) atoms. The third kappa shape index (κ3) is 3.55. The summed E-state index contributed by atoms with van der Waals surface area (Å²) in [6, 6.07) is 10.9. The number of halogens is 1. The Balaban J connectivity index is 1.87. The molecule has 3 aromatic rings. The van der Waals surface area contributed by atoms with E-state index in [9.17, 15) is 19.1 Å². The van der Waals surface area contributed by atoms with Crippen molar-refractivity contribution in [2.75, 3.05) is 0 Å². The molecule has 0 aliphatic rings. The number of nitrogens with zero attached hydrogens (tertiary/aromatic N) is 1. The summed E-state index contributed by atoms with van der Waals surface area (Å²) in [6.07, 6.45) is 0. The fraction of sp³-hybridized carbons (Fsp3) is 0.0556. The molecule has 0 saturated carbocycles. The quantitative estimate of drug-likeness (QED) is 0.436. The molecule has 3 rings (SSSR count). The van der Waals surface area contributed by atoms with Gasteiger partial charge in [0.25, 0.3) is 5.91 Å². The Morgan fingerprint density at radius 2 is 1.88 bits per heavy atom. The molecule has 2 aromatic carbocycles. The van der Waals surface area contributed by atoms with E-state index in [0.717, 1.165) is 0 Å². The second-order valence-corrected chi connectivity index (χ2v) is 5.31. The van der Waals surface area contributed by atoms with Crippen LogP contribution >= 0.6 is 0 Å². The molecule has 0 aliphatic heterocycles. The highest BCUT2D eigenvalue weighted by Gasteiger charge is 2.10. The van der Waals surface area contributed by atoms with Crippen molar-refractivity contribution in [2.24, 2.45) is 5.10 Å². The van der Waals surface area contributed by atoms with Crippen LogP contribution in [-0.2, 0) is 0 Å². The van der Waals surface area contributed by atoms with Gasteiger partial charge in [-0.2, -0.15) is 5.10 Å². The van der Waals surface area contributed by atoms with Gasteiger partial charge in [0.1, 0.15) is 17.1 Å². The van der Waals surface area contributed by atoms with Crippen molar-refractivity contribution < 1.29 is 18.7 Å². The van der Waals surface area contributed by atoms with Gasteiger partial charge in [-0.05, 0) is 49.4 Å². The Morgan fingerprint density at radius 1 is 1.16 bits per heavy atom. The lowest BCUT2D eigenvalue weighted by Crippen LogP contribution is -2.21. The number of hydrogen-bond donors (Lipinski definition) is 2. The highest BCUT2D eigenvalue weighted by molar-refractivity contribution is 6.02. The number of hydrazone groups is 1. The highest BCUT2D eigenvalue weighted by Crippen LogP contribution is 2.19. The third-order valence-electron chi connectivity index (χ3n) is 3.54. The van der Waals surface area contributed by atoms with Gasteiger partial charge >= 0.3 is 5.63 Å². The van der Waals surface area contributed by atoms with E-state index in [1.165, 1.54) is 36.4 Å². The predicted octanol–water partition coefficient (Wildman–Crippen LogP) is 2.79. The summed E-state index contributed by atoms with van der Waals surface area (Å²) in [5.41, 5.74) is 2.57. The molecule has 126 valence electrons. The van der Waals surface area contributed by atoms with E-state index in [1.54, 1.807) is 19.1 Å². The van der Waals surface area contributed by atoms with Crippen LogP contribution in [0.2, 0.25) is 0 Å². The smallest absolute Gasteiger partial charge is 0.345 e. The van der Waals surface area contributed by atoms with Crippen LogP contribution in [0.1, 0.15) is 22.8 Å². The Labute approximate surface area is 141 Å². The van der Waals surface area contributed by atoms with E-state index in [1.807, 2.05) is 0 Å². The molecule has 0 radical (unpaired) electrons. The van der Waals surface area contributed by atoms with Gasteiger partial charge in [-0.15, -0.1) is 0 Å². The molecular weight excluding hydrogens is 327 g/mol. The fourth-order valence-electron chi connectivity index (χ4n) is 2.21. The van der Waals surface area contributed by atoms with Crippen molar-refractivity contribution in [3.05, 3.63) is 75.9 Å². The molecule has 0 unspecified atom stereocenters. The third-order valence-corrected chi connectivity index (χ3v) is 3.54. The Hall–Kier alpha value is -3.48. The number of rotatable bonds is 3. The van der Waals surface area contributed by atoms with Crippen LogP contribution in [0.25, 0.3) is 11.0 Å². The van der Waals surface area contributed by atoms with E-state index in [-0.39, 0.29) is 28.2 Å². The Bertz CT molecular complexity index is 1040. The summed E-state index contributed by atoms with van der Waals surface area (Å²) in [4.78, 5) is 24.0. The van der Waals surface area contributed by atoms with Gasteiger partial charge in [0.05, 0.1) is 11.3 Å². The molecule has 7 heteroatoms. The predicted molar refractivity (Wildman–Crippen MR) is 90.2 cm³/mol. The zero-order chi connectivity index (χ0) is 18.0. The molecule has 0 atom stereocenters. The number of phenols is 1. The average Bonchev–Trinajstić information content (AvgIpc) is 2.59. The largest absolute Gasteiger partial charge is 0.508 e. The van der Waals surface area contributed by atoms with Crippen LogP contribution in [0.15, 0.2) is 62.8 Å². The maximum Gasteiger partial charge on any atom is 0.345 e. The minimum Gasteiger partial charge on any atom is -0.508 e. The summed E-state index contributed by atoms with van der Waals surface area (Å²) >= 11 is 0. The van der Waals surface area contributed by atoms with Crippen LogP contribution in [0.4, 0.5) is 4.39 Å². The van der Waals surface area contributed by atoms with Crippen LogP contribution < -0.4 is 11.1 Å². The van der Waals surface area contributed by atoms with Crippen LogP contribution in [0, 0.1) is 5.82 Å². The first-order valence-electron chi connectivity index (χ1n) is 7.31. The summed E-state index contributed by atoms with van der Waals surface area (Å²) < 4.78 is 18.0. The Kier molecular flexibility index (Phi) is 4.30. The van der Waals surface area contributed by atoms with E-state index in [0.29, 0.717) is 5.39 Å². The van der Waals surface area contributed by atoms with Gasteiger partial charge in [-0.25, -0.2) is 14.6 Å². The summed E-state index contributed by atoms with van der Waals surface area (Å²) in [5.74, 6) is -0.995. The van der Waals surface area contributed by atoms with Crippen LogP contribution in [0.3, 0.4) is 0 Å². The zero-order valence-electron chi connectivity index (χ0n) is 13.1. The SMILES string of the molecule is C/C(=N\NC(=O)c1ccc(F)cc1)c1cc2ccc(O)cc2oc1=O. The number of nitrogens with one attached hydrogen (secondary N) is 1. The van der Waals surface area contributed by atoms with Gasteiger partial charge < -0.3 is 9.52 Å². The maximum atomic E-state index is 12.9. The summed E-state index contributed by atoms with van der Waals surface area (Å²) in [7, 11) is 0. The lowest BCUT2D eigenvalue weighted by atomic mass is 10.1. The van der Waals surface area contributed by atoms with Gasteiger partial charge in [0.2, 0.25) is 0 Å². The monoisotopic (exact) mass is 340 g/mol. The van der Waals surface area contributed by atoms with Crippen molar-refractivity contribution in [3.8, 4) is 5.75 Å². The maximum absolute atomic E-state index is 12.9. The molecule has 0 bridgehead atoms. The molecule has 1 aromatic heterocycles. The van der Waals surface area contributed by atoms with Gasteiger partial charge in [0, 0.05) is 17.0 Å². The number of carbonyl (C=O) groups is 1. The van der Waals surface area contributed by atoms with E-state index in [2.05, 4.69) is 10.5 Å². The summed E-state index contributed by atoms with van der Waals surface area (Å²) in [5, 5.41) is 13.9. The van der Waals surface area contributed by atoms with Gasteiger partial charge in [-0.1, -0.05) is 0 Å². The van der Waals surface area contributed by atoms with Crippen LogP contribution in [0.5, 0.6) is 5.75 Å². The zero-order valence-corrected chi connectivity index (χ0v) is 13.1.